The summed E-state index contributed by atoms with van der Waals surface area (Å²) in [5, 5.41) is 15.4. The summed E-state index contributed by atoms with van der Waals surface area (Å²) in [6.45, 7) is 0. The monoisotopic (exact) mass is 629 g/mol. The number of alkyl carbamates (subject to hydrolysis) is 1. The first-order valence-electron chi connectivity index (χ1n) is 11.7. The summed E-state index contributed by atoms with van der Waals surface area (Å²) in [6, 6.07) is 20.0. The highest BCUT2D eigenvalue weighted by Crippen LogP contribution is 2.34. The lowest BCUT2D eigenvalue weighted by atomic mass is 9.99. The Morgan fingerprint density at radius 2 is 1.76 bits per heavy atom. The number of allylic oxidation sites excluding steroid dienone is 1. The van der Waals surface area contributed by atoms with Gasteiger partial charge in [0, 0.05) is 21.8 Å². The molecule has 3 amide bonds. The second-order valence-corrected chi connectivity index (χ2v) is 9.43. The molecule has 0 fully saturated rings. The predicted octanol–water partition coefficient (Wildman–Crippen LogP) is 5.18. The average molecular weight is 629 g/mol. The minimum absolute atomic E-state index is 0.0879. The van der Waals surface area contributed by atoms with Crippen LogP contribution in [0.1, 0.15) is 34.9 Å². The molecule has 0 radical (unpaired) electrons. The molecule has 3 aromatic rings. The van der Waals surface area contributed by atoms with Crippen molar-refractivity contribution in [2.24, 2.45) is 0 Å². The number of phenols is 1. The summed E-state index contributed by atoms with van der Waals surface area (Å²) < 4.78 is 12.0. The van der Waals surface area contributed by atoms with E-state index in [0.29, 0.717) is 35.3 Å². The van der Waals surface area contributed by atoms with E-state index in [9.17, 15) is 19.5 Å². The van der Waals surface area contributed by atoms with Gasteiger partial charge in [0.15, 0.2) is 6.10 Å². The van der Waals surface area contributed by atoms with E-state index < -0.39 is 24.2 Å². The molecule has 0 saturated carbocycles. The number of carbonyl (C=O) groups is 3. The number of benzene rings is 3. The number of aromatic hydroxyl groups is 1. The molecule has 10 heteroatoms. The highest BCUT2D eigenvalue weighted by Gasteiger charge is 2.30. The number of anilines is 2. The zero-order chi connectivity index (χ0) is 27.5. The topological polar surface area (TPSA) is 140 Å². The van der Waals surface area contributed by atoms with Crippen LogP contribution >= 0.6 is 22.6 Å². The maximum atomic E-state index is 12.7. The summed E-state index contributed by atoms with van der Waals surface area (Å²) in [6.07, 6.45) is 1.04. The molecule has 0 aliphatic heterocycles. The molecule has 198 valence electrons. The van der Waals surface area contributed by atoms with Crippen LogP contribution in [0, 0.1) is 3.57 Å². The van der Waals surface area contributed by atoms with Gasteiger partial charge in [0.05, 0.1) is 17.5 Å². The van der Waals surface area contributed by atoms with E-state index in [4.69, 9.17) is 15.2 Å². The molecule has 0 aliphatic rings. The summed E-state index contributed by atoms with van der Waals surface area (Å²) in [5.74, 6) is -1.06. The number of hydrogen-bond acceptors (Lipinski definition) is 7. The van der Waals surface area contributed by atoms with Crippen LogP contribution < -0.4 is 16.4 Å². The van der Waals surface area contributed by atoms with E-state index in [2.05, 4.69) is 33.2 Å². The van der Waals surface area contributed by atoms with Crippen molar-refractivity contribution in [2.75, 3.05) is 18.2 Å². The van der Waals surface area contributed by atoms with Gasteiger partial charge in [-0.25, -0.2) is 4.79 Å². The number of hydrogen-bond donors (Lipinski definition) is 4. The van der Waals surface area contributed by atoms with Gasteiger partial charge in [-0.3, -0.25) is 14.9 Å². The van der Waals surface area contributed by atoms with E-state index in [1.807, 2.05) is 0 Å². The molecular formula is C28H28IN3O6. The van der Waals surface area contributed by atoms with Gasteiger partial charge in [0.1, 0.15) is 5.75 Å². The highest BCUT2D eigenvalue weighted by atomic mass is 127. The van der Waals surface area contributed by atoms with Gasteiger partial charge in [-0.2, -0.15) is 0 Å². The van der Waals surface area contributed by atoms with E-state index in [1.165, 1.54) is 19.3 Å². The van der Waals surface area contributed by atoms with Crippen LogP contribution in [0.3, 0.4) is 0 Å². The van der Waals surface area contributed by atoms with Crippen molar-refractivity contribution in [1.29, 1.82) is 0 Å². The van der Waals surface area contributed by atoms with Crippen LogP contribution in [0.15, 0.2) is 84.9 Å². The number of halogens is 1. The molecule has 0 spiro atoms. The van der Waals surface area contributed by atoms with Gasteiger partial charge < -0.3 is 25.6 Å². The van der Waals surface area contributed by atoms with Crippen LogP contribution in [0.2, 0.25) is 0 Å². The van der Waals surface area contributed by atoms with Gasteiger partial charge in [0.25, 0.3) is 5.91 Å². The summed E-state index contributed by atoms with van der Waals surface area (Å²) in [7, 11) is 1.45. The van der Waals surface area contributed by atoms with E-state index in [0.717, 1.165) is 3.57 Å². The lowest BCUT2D eigenvalue weighted by molar-refractivity contribution is -0.111. The van der Waals surface area contributed by atoms with Crippen LogP contribution in [-0.4, -0.2) is 36.2 Å². The third kappa shape index (κ3) is 8.32. The second-order valence-electron chi connectivity index (χ2n) is 8.18. The fourth-order valence-electron chi connectivity index (χ4n) is 3.62. The number of ether oxygens (including phenoxy) is 2. The molecule has 38 heavy (non-hydrogen) atoms. The number of methoxy groups -OCH3 is 1. The third-order valence-corrected chi connectivity index (χ3v) is 6.20. The Hall–Kier alpha value is -3.90. The average Bonchev–Trinajstić information content (AvgIpc) is 2.91. The van der Waals surface area contributed by atoms with Gasteiger partial charge in [-0.05, 0) is 84.0 Å². The Morgan fingerprint density at radius 1 is 1.05 bits per heavy atom. The smallest absolute Gasteiger partial charge is 0.414 e. The SMILES string of the molecule is CO[C@@H](CC/C=C/C(=O)Nc1ccccc1N)[C@@H](OC(=O)NC(=O)c1ccccc1)c1cc(I)ccc1O. The number of nitrogen functional groups attached to an aromatic ring is 1. The number of para-hydroxylation sites is 2. The van der Waals surface area contributed by atoms with Crippen LogP contribution in [0.4, 0.5) is 16.2 Å². The van der Waals surface area contributed by atoms with Crippen molar-refractivity contribution in [3.8, 4) is 5.75 Å². The van der Waals surface area contributed by atoms with Gasteiger partial charge >= 0.3 is 6.09 Å². The van der Waals surface area contributed by atoms with Crippen LogP contribution in [-0.2, 0) is 14.3 Å². The van der Waals surface area contributed by atoms with Crippen molar-refractivity contribution in [3.05, 3.63) is 99.6 Å². The van der Waals surface area contributed by atoms with Crippen molar-refractivity contribution in [3.63, 3.8) is 0 Å². The first kappa shape index (κ1) is 28.7. The predicted molar refractivity (Wildman–Crippen MR) is 153 cm³/mol. The minimum atomic E-state index is -1.04. The first-order valence-corrected chi connectivity index (χ1v) is 12.8. The van der Waals surface area contributed by atoms with Crippen molar-refractivity contribution >= 4 is 51.9 Å². The molecule has 0 heterocycles. The largest absolute Gasteiger partial charge is 0.508 e. The molecule has 0 aliphatic carbocycles. The quantitative estimate of drug-likeness (QED) is 0.138. The van der Waals surface area contributed by atoms with Gasteiger partial charge in [0.2, 0.25) is 5.91 Å². The number of nitrogens with two attached hydrogens (primary N) is 1. The summed E-state index contributed by atoms with van der Waals surface area (Å²) >= 11 is 2.08. The summed E-state index contributed by atoms with van der Waals surface area (Å²) in [5.41, 5.74) is 7.44. The van der Waals surface area contributed by atoms with Crippen molar-refractivity contribution in [1.82, 2.24) is 5.32 Å². The zero-order valence-corrected chi connectivity index (χ0v) is 22.8. The molecule has 0 saturated heterocycles. The van der Waals surface area contributed by atoms with E-state index >= 15 is 0 Å². The molecule has 0 bridgehead atoms. The maximum absolute atomic E-state index is 12.7. The normalized spacial score (nSPS) is 12.5. The van der Waals surface area contributed by atoms with Gasteiger partial charge in [-0.1, -0.05) is 36.4 Å². The Morgan fingerprint density at radius 3 is 2.47 bits per heavy atom. The standard InChI is InChI=1S/C28H28IN3O6/c1-37-24(13-7-8-14-25(34)31-22-12-6-5-11-21(22)30)26(20-17-19(29)15-16-23(20)33)38-28(36)32-27(35)18-9-3-2-4-10-18/h2-6,8-12,14-17,24,26,33H,7,13,30H2,1H3,(H,31,34)(H,32,35,36)/b14-8+/t24-,26-/m0/s1. The Kier molecular flexibility index (Phi) is 10.7. The number of phenolic OH excluding ortho intramolecular Hbond substituents is 1. The number of rotatable bonds is 10. The Labute approximate surface area is 234 Å². The first-order chi connectivity index (χ1) is 18.3. The third-order valence-electron chi connectivity index (χ3n) is 5.53. The van der Waals surface area contributed by atoms with Gasteiger partial charge in [-0.15, -0.1) is 0 Å². The summed E-state index contributed by atoms with van der Waals surface area (Å²) in [4.78, 5) is 37.3. The lowest BCUT2D eigenvalue weighted by Crippen LogP contribution is -2.35. The van der Waals surface area contributed by atoms with Crippen LogP contribution in [0.5, 0.6) is 5.75 Å². The fraction of sp³-hybridized carbons (Fsp3) is 0.179. The fourth-order valence-corrected chi connectivity index (χ4v) is 4.14. The highest BCUT2D eigenvalue weighted by molar-refractivity contribution is 14.1. The Bertz CT molecular complexity index is 1300. The zero-order valence-electron chi connectivity index (χ0n) is 20.6. The molecule has 0 unspecified atom stereocenters. The van der Waals surface area contributed by atoms with Crippen molar-refractivity contribution < 1.29 is 29.0 Å². The molecule has 5 N–H and O–H groups in total. The molecule has 2 atom stereocenters. The number of nitrogens with one attached hydrogen (secondary N) is 2. The second kappa shape index (κ2) is 14.1. The molecule has 3 aromatic carbocycles. The number of carbonyl (C=O) groups excluding carboxylic acids is 3. The molecular weight excluding hydrogens is 601 g/mol. The lowest BCUT2D eigenvalue weighted by Gasteiger charge is -2.27. The molecule has 9 nitrogen and oxygen atoms in total. The van der Waals surface area contributed by atoms with E-state index in [-0.39, 0.29) is 11.7 Å². The van der Waals surface area contributed by atoms with Crippen molar-refractivity contribution in [2.45, 2.75) is 25.0 Å². The van der Waals surface area contributed by atoms with E-state index in [1.54, 1.807) is 72.8 Å². The number of amides is 3. The molecule has 3 rings (SSSR count). The van der Waals surface area contributed by atoms with Crippen LogP contribution in [0.25, 0.3) is 0 Å². The molecule has 0 aromatic heterocycles. The Balaban J connectivity index is 1.69. The number of imide groups is 1. The minimum Gasteiger partial charge on any atom is -0.508 e. The maximum Gasteiger partial charge on any atom is 0.414 e.